The Labute approximate surface area is 166 Å². The molecule has 0 aromatic carbocycles. The van der Waals surface area contributed by atoms with Crippen LogP contribution in [0.2, 0.25) is 0 Å². The number of carbonyl (C=O) groups is 1. The van der Waals surface area contributed by atoms with Gasteiger partial charge in [0.25, 0.3) is 0 Å². The normalized spacial score (nSPS) is 15.4. The van der Waals surface area contributed by atoms with Crippen LogP contribution in [-0.2, 0) is 28.4 Å². The maximum absolute atomic E-state index is 12.6. The first-order valence-corrected chi connectivity index (χ1v) is 10.2. The molecular weight excluding hydrogens is 406 g/mol. The summed E-state index contributed by atoms with van der Waals surface area (Å²) in [5, 5.41) is 18.8. The molecule has 1 saturated heterocycles. The summed E-state index contributed by atoms with van der Waals surface area (Å²) < 4.78 is 34.1. The van der Waals surface area contributed by atoms with E-state index >= 15 is 0 Å². The van der Waals surface area contributed by atoms with Crippen LogP contribution < -0.4 is 4.74 Å². The Balaban J connectivity index is 1.55. The third-order valence-electron chi connectivity index (χ3n) is 4.56. The number of methoxy groups -OCH3 is 1. The lowest BCUT2D eigenvalue weighted by molar-refractivity contribution is -0.385. The Bertz CT molecular complexity index is 1010. The van der Waals surface area contributed by atoms with Crippen LogP contribution in [0.1, 0.15) is 6.42 Å². The summed E-state index contributed by atoms with van der Waals surface area (Å²) in [5.41, 5.74) is -0.269. The van der Waals surface area contributed by atoms with E-state index in [-0.39, 0.29) is 61.5 Å². The number of aromatic nitrogens is 4. The Morgan fingerprint density at radius 3 is 2.48 bits per heavy atom. The third-order valence-corrected chi connectivity index (χ3v) is 6.42. The summed E-state index contributed by atoms with van der Waals surface area (Å²) in [6.45, 7) is 1.05. The van der Waals surface area contributed by atoms with Gasteiger partial charge in [-0.1, -0.05) is 0 Å². The van der Waals surface area contributed by atoms with Crippen LogP contribution in [0.3, 0.4) is 0 Å². The molecule has 0 N–H and O–H groups in total. The molecule has 0 aliphatic carbocycles. The first-order chi connectivity index (χ1) is 13.7. The summed E-state index contributed by atoms with van der Waals surface area (Å²) in [6.07, 6.45) is 4.02. The molecule has 0 radical (unpaired) electrons. The summed E-state index contributed by atoms with van der Waals surface area (Å²) in [6, 6.07) is 0. The van der Waals surface area contributed by atoms with E-state index in [4.69, 9.17) is 4.74 Å². The van der Waals surface area contributed by atoms with E-state index in [1.165, 1.54) is 39.4 Å². The van der Waals surface area contributed by atoms with Crippen molar-refractivity contribution in [2.24, 2.45) is 7.05 Å². The van der Waals surface area contributed by atoms with Crippen molar-refractivity contribution in [3.8, 4) is 5.88 Å². The quantitative estimate of drug-likeness (QED) is 0.423. The maximum Gasteiger partial charge on any atom is 0.350 e. The van der Waals surface area contributed by atoms with E-state index in [0.29, 0.717) is 0 Å². The van der Waals surface area contributed by atoms with Gasteiger partial charge in [-0.3, -0.25) is 24.3 Å². The lowest BCUT2D eigenvalue weighted by Gasteiger charge is -2.33. The number of sulfonamides is 1. The Morgan fingerprint density at radius 1 is 1.28 bits per heavy atom. The first kappa shape index (κ1) is 20.7. The van der Waals surface area contributed by atoms with Crippen molar-refractivity contribution in [2.45, 2.75) is 17.9 Å². The summed E-state index contributed by atoms with van der Waals surface area (Å²) >= 11 is 0. The number of amides is 1. The zero-order chi connectivity index (χ0) is 21.2. The Hall–Kier alpha value is -3.00. The van der Waals surface area contributed by atoms with Crippen LogP contribution in [0, 0.1) is 10.1 Å². The van der Waals surface area contributed by atoms with Gasteiger partial charge in [-0.2, -0.15) is 9.40 Å². The van der Waals surface area contributed by atoms with Gasteiger partial charge in [-0.15, -0.1) is 5.10 Å². The summed E-state index contributed by atoms with van der Waals surface area (Å²) in [5.74, 6) is -0.294. The second kappa shape index (κ2) is 8.16. The molecule has 0 saturated carbocycles. The average Bonchev–Trinajstić information content (AvgIpc) is 3.32. The fourth-order valence-electron chi connectivity index (χ4n) is 3.01. The zero-order valence-electron chi connectivity index (χ0n) is 16.0. The highest BCUT2D eigenvalue weighted by Crippen LogP contribution is 2.24. The van der Waals surface area contributed by atoms with Crippen LogP contribution in [0.5, 0.6) is 5.88 Å². The second-order valence-electron chi connectivity index (χ2n) is 6.43. The molecule has 0 atom stereocenters. The fraction of sp³-hybridized carbons (Fsp3) is 0.533. The standard InChI is InChI=1S/C15H21N7O6S/c1-18-10-12(9-16-18)29(26,27)21-7-5-19(6-8-21)14(23)3-4-20-11-13(22(24)25)15(17-20)28-2/h9-11H,3-8H2,1-2H3. The van der Waals surface area contributed by atoms with Crippen molar-refractivity contribution in [1.29, 1.82) is 0 Å². The average molecular weight is 427 g/mol. The molecule has 29 heavy (non-hydrogen) atoms. The van der Waals surface area contributed by atoms with Gasteiger partial charge in [0, 0.05) is 45.8 Å². The van der Waals surface area contributed by atoms with Gasteiger partial charge in [0.2, 0.25) is 15.9 Å². The Morgan fingerprint density at radius 2 is 1.97 bits per heavy atom. The fourth-order valence-corrected chi connectivity index (χ4v) is 4.41. The zero-order valence-corrected chi connectivity index (χ0v) is 16.8. The molecule has 0 bridgehead atoms. The van der Waals surface area contributed by atoms with Gasteiger partial charge in [-0.05, 0) is 0 Å². The van der Waals surface area contributed by atoms with E-state index in [1.54, 1.807) is 11.9 Å². The van der Waals surface area contributed by atoms with Crippen molar-refractivity contribution in [3.63, 3.8) is 0 Å². The molecule has 14 heteroatoms. The van der Waals surface area contributed by atoms with Gasteiger partial charge >= 0.3 is 11.6 Å². The van der Waals surface area contributed by atoms with Crippen molar-refractivity contribution in [3.05, 3.63) is 28.7 Å². The predicted molar refractivity (Wildman–Crippen MR) is 98.6 cm³/mol. The monoisotopic (exact) mass is 427 g/mol. The number of carbonyl (C=O) groups excluding carboxylic acids is 1. The molecule has 158 valence electrons. The van der Waals surface area contributed by atoms with E-state index in [9.17, 15) is 23.3 Å². The number of nitro groups is 1. The number of piperazine rings is 1. The lowest BCUT2D eigenvalue weighted by Crippen LogP contribution is -2.50. The first-order valence-electron chi connectivity index (χ1n) is 8.75. The molecule has 13 nitrogen and oxygen atoms in total. The minimum Gasteiger partial charge on any atom is -0.475 e. The third kappa shape index (κ3) is 4.37. The van der Waals surface area contributed by atoms with Crippen LogP contribution in [0.4, 0.5) is 5.69 Å². The largest absolute Gasteiger partial charge is 0.475 e. The van der Waals surface area contributed by atoms with E-state index in [2.05, 4.69) is 10.2 Å². The van der Waals surface area contributed by atoms with E-state index < -0.39 is 14.9 Å². The number of nitrogens with zero attached hydrogens (tertiary/aromatic N) is 7. The van der Waals surface area contributed by atoms with Gasteiger partial charge < -0.3 is 9.64 Å². The minimum absolute atomic E-state index is 0.0807. The molecule has 3 heterocycles. The summed E-state index contributed by atoms with van der Waals surface area (Å²) in [7, 11) is -0.719. The Kier molecular flexibility index (Phi) is 5.83. The molecule has 1 aliphatic rings. The molecule has 2 aromatic rings. The highest BCUT2D eigenvalue weighted by atomic mass is 32.2. The van der Waals surface area contributed by atoms with Crippen molar-refractivity contribution < 1.29 is 22.9 Å². The number of rotatable bonds is 7. The second-order valence-corrected chi connectivity index (χ2v) is 8.37. The van der Waals surface area contributed by atoms with Crippen molar-refractivity contribution >= 4 is 21.6 Å². The molecule has 1 aliphatic heterocycles. The van der Waals surface area contributed by atoms with Crippen LogP contribution in [0.15, 0.2) is 23.5 Å². The number of hydrogen-bond acceptors (Lipinski definition) is 8. The van der Waals surface area contributed by atoms with Gasteiger partial charge in [0.05, 0.1) is 24.8 Å². The molecule has 2 aromatic heterocycles. The maximum atomic E-state index is 12.6. The van der Waals surface area contributed by atoms with E-state index in [0.717, 1.165) is 0 Å². The topological polar surface area (TPSA) is 146 Å². The van der Waals surface area contributed by atoms with Crippen LogP contribution in [-0.4, -0.2) is 81.3 Å². The van der Waals surface area contributed by atoms with Gasteiger partial charge in [0.15, 0.2) is 0 Å². The minimum atomic E-state index is -3.64. The smallest absolute Gasteiger partial charge is 0.350 e. The van der Waals surface area contributed by atoms with Gasteiger partial charge in [0.1, 0.15) is 11.1 Å². The number of hydrogen-bond donors (Lipinski definition) is 0. The predicted octanol–water partition coefficient (Wildman–Crippen LogP) is -0.543. The number of aryl methyl sites for hydroxylation is 2. The van der Waals surface area contributed by atoms with Crippen molar-refractivity contribution in [2.75, 3.05) is 33.3 Å². The van der Waals surface area contributed by atoms with Crippen molar-refractivity contribution in [1.82, 2.24) is 28.8 Å². The van der Waals surface area contributed by atoms with Crippen LogP contribution in [0.25, 0.3) is 0 Å². The van der Waals surface area contributed by atoms with E-state index in [1.807, 2.05) is 0 Å². The molecule has 1 amide bonds. The van der Waals surface area contributed by atoms with Crippen LogP contribution >= 0.6 is 0 Å². The molecule has 0 spiro atoms. The SMILES string of the molecule is COc1nn(CCC(=O)N2CCN(S(=O)(=O)c3cnn(C)c3)CC2)cc1[N+](=O)[O-]. The lowest BCUT2D eigenvalue weighted by atomic mass is 10.3. The number of ether oxygens (including phenoxy) is 1. The summed E-state index contributed by atoms with van der Waals surface area (Å²) in [4.78, 5) is 24.5. The molecule has 3 rings (SSSR count). The molecular formula is C15H21N7O6S. The van der Waals surface area contributed by atoms with Gasteiger partial charge in [-0.25, -0.2) is 8.42 Å². The molecule has 1 fully saturated rings. The highest BCUT2D eigenvalue weighted by molar-refractivity contribution is 7.89. The highest BCUT2D eigenvalue weighted by Gasteiger charge is 2.31. The molecule has 0 unspecified atom stereocenters.